The molecule has 0 spiro atoms. The summed E-state index contributed by atoms with van der Waals surface area (Å²) >= 11 is 3.38. The van der Waals surface area contributed by atoms with E-state index in [9.17, 15) is 0 Å². The summed E-state index contributed by atoms with van der Waals surface area (Å²) in [5, 5.41) is 23.6. The largest absolute Gasteiger partial charge is 0.378 e. The minimum Gasteiger partial charge on any atom is -0.378 e. The fourth-order valence-electron chi connectivity index (χ4n) is 1.98. The molecular weight excluding hydrogens is 376 g/mol. The molecule has 0 bridgehead atoms. The normalized spacial score (nSPS) is 12.2. The minimum absolute atomic E-state index is 0.136. The van der Waals surface area contributed by atoms with E-state index in [0.29, 0.717) is 17.1 Å². The molecule has 3 aromatic rings. The van der Waals surface area contributed by atoms with Crippen molar-refractivity contribution in [3.63, 3.8) is 0 Å². The Morgan fingerprint density at radius 2 is 2.04 bits per heavy atom. The summed E-state index contributed by atoms with van der Waals surface area (Å²) in [6.45, 7) is 3.62. The summed E-state index contributed by atoms with van der Waals surface area (Å²) in [5.41, 5.74) is 8.52. The lowest BCUT2D eigenvalue weighted by Crippen LogP contribution is -2.04. The van der Waals surface area contributed by atoms with Crippen LogP contribution in [0, 0.1) is 6.92 Å². The van der Waals surface area contributed by atoms with Crippen molar-refractivity contribution in [1.29, 1.82) is 0 Å². The molecule has 2 N–H and O–H groups in total. The van der Waals surface area contributed by atoms with Gasteiger partial charge in [0, 0.05) is 4.47 Å². The van der Waals surface area contributed by atoms with E-state index >= 15 is 0 Å². The molecule has 2 aromatic heterocycles. The van der Waals surface area contributed by atoms with Gasteiger partial charge in [-0.2, -0.15) is 14.9 Å². The number of aromatic nitrogens is 5. The van der Waals surface area contributed by atoms with E-state index in [1.807, 2.05) is 31.2 Å². The highest BCUT2D eigenvalue weighted by atomic mass is 79.9. The van der Waals surface area contributed by atoms with Gasteiger partial charge < -0.3 is 5.73 Å². The second-order valence-corrected chi connectivity index (χ2v) is 5.81. The average molecular weight is 389 g/mol. The molecule has 24 heavy (non-hydrogen) atoms. The Hall–Kier alpha value is -2.88. The maximum Gasteiger partial charge on any atom is 0.243 e. The van der Waals surface area contributed by atoms with E-state index in [-0.39, 0.29) is 11.6 Å². The van der Waals surface area contributed by atoms with Gasteiger partial charge in [0.1, 0.15) is 5.69 Å². The topological polar surface area (TPSA) is 120 Å². The Kier molecular flexibility index (Phi) is 4.47. The number of halogens is 1. The van der Waals surface area contributed by atoms with Gasteiger partial charge >= 0.3 is 0 Å². The van der Waals surface area contributed by atoms with Crippen molar-refractivity contribution in [3.05, 3.63) is 45.7 Å². The van der Waals surface area contributed by atoms with Crippen molar-refractivity contribution in [3.8, 4) is 5.82 Å². The van der Waals surface area contributed by atoms with E-state index < -0.39 is 0 Å². The molecule has 1 aromatic carbocycles. The smallest absolute Gasteiger partial charge is 0.243 e. The van der Waals surface area contributed by atoms with Crippen LogP contribution in [-0.2, 0) is 0 Å². The first-order chi connectivity index (χ1) is 11.6. The van der Waals surface area contributed by atoms with Gasteiger partial charge in [-0.1, -0.05) is 33.3 Å². The first-order valence-electron chi connectivity index (χ1n) is 6.90. The monoisotopic (exact) mass is 388 g/mol. The van der Waals surface area contributed by atoms with Crippen LogP contribution in [0.3, 0.4) is 0 Å². The quantitative estimate of drug-likeness (QED) is 0.539. The van der Waals surface area contributed by atoms with Crippen LogP contribution in [0.4, 0.5) is 5.82 Å². The van der Waals surface area contributed by atoms with Crippen LogP contribution in [0.5, 0.6) is 0 Å². The molecule has 2 heterocycles. The molecule has 0 radical (unpaired) electrons. The number of anilines is 1. The number of nitrogens with zero attached hydrogens (tertiary/aromatic N) is 7. The van der Waals surface area contributed by atoms with Gasteiger partial charge in [-0.05, 0) is 41.9 Å². The van der Waals surface area contributed by atoms with Gasteiger partial charge in [0.25, 0.3) is 0 Å². The summed E-state index contributed by atoms with van der Waals surface area (Å²) in [6.07, 6.45) is 1.66. The van der Waals surface area contributed by atoms with Crippen molar-refractivity contribution < 1.29 is 4.63 Å². The van der Waals surface area contributed by atoms with E-state index in [0.717, 1.165) is 10.0 Å². The van der Waals surface area contributed by atoms with Crippen LogP contribution in [0.25, 0.3) is 5.82 Å². The average Bonchev–Trinajstić information content (AvgIpc) is 3.14. The van der Waals surface area contributed by atoms with Crippen molar-refractivity contribution in [2.24, 2.45) is 10.2 Å². The molecule has 0 aliphatic carbocycles. The fourth-order valence-corrected chi connectivity index (χ4v) is 2.25. The third kappa shape index (κ3) is 3.23. The number of nitrogen functional groups attached to an aromatic ring is 1. The van der Waals surface area contributed by atoms with Crippen molar-refractivity contribution in [2.45, 2.75) is 13.8 Å². The first kappa shape index (κ1) is 16.0. The van der Waals surface area contributed by atoms with E-state index in [2.05, 4.69) is 51.4 Å². The van der Waals surface area contributed by atoms with E-state index in [1.165, 1.54) is 4.68 Å². The van der Waals surface area contributed by atoms with Gasteiger partial charge in [-0.3, -0.25) is 0 Å². The van der Waals surface area contributed by atoms with Crippen molar-refractivity contribution in [2.75, 3.05) is 5.73 Å². The maximum absolute atomic E-state index is 5.67. The lowest BCUT2D eigenvalue weighted by molar-refractivity contribution is 0.306. The van der Waals surface area contributed by atoms with Crippen LogP contribution in [0.1, 0.15) is 23.9 Å². The molecule has 0 aliphatic rings. The molecule has 0 saturated carbocycles. The molecule has 9 nitrogen and oxygen atoms in total. The lowest BCUT2D eigenvalue weighted by atomic mass is 10.2. The van der Waals surface area contributed by atoms with Crippen LogP contribution in [0.2, 0.25) is 0 Å². The SMILES string of the molecule is C/C(=N/N=C/c1ccc(Br)cc1)c1nnn(-c2nonc2N)c1C. The number of hydrogen-bond donors (Lipinski definition) is 1. The Labute approximate surface area is 145 Å². The third-order valence-electron chi connectivity index (χ3n) is 3.22. The molecule has 3 rings (SSSR count). The number of benzene rings is 1. The van der Waals surface area contributed by atoms with Crippen molar-refractivity contribution >= 4 is 33.7 Å². The van der Waals surface area contributed by atoms with Crippen LogP contribution in [-0.4, -0.2) is 37.2 Å². The highest BCUT2D eigenvalue weighted by Crippen LogP contribution is 2.15. The second-order valence-electron chi connectivity index (χ2n) is 4.89. The van der Waals surface area contributed by atoms with Crippen LogP contribution in [0.15, 0.2) is 43.6 Å². The van der Waals surface area contributed by atoms with Gasteiger partial charge in [-0.25, -0.2) is 4.63 Å². The third-order valence-corrected chi connectivity index (χ3v) is 3.75. The summed E-state index contributed by atoms with van der Waals surface area (Å²) < 4.78 is 7.03. The zero-order chi connectivity index (χ0) is 17.1. The van der Waals surface area contributed by atoms with Crippen LogP contribution >= 0.6 is 15.9 Å². The molecular formula is C14H13BrN8O. The molecule has 10 heteroatoms. The lowest BCUT2D eigenvalue weighted by Gasteiger charge is -1.98. The molecule has 0 saturated heterocycles. The Balaban J connectivity index is 1.82. The molecule has 0 fully saturated rings. The van der Waals surface area contributed by atoms with Gasteiger partial charge in [0.05, 0.1) is 17.6 Å². The van der Waals surface area contributed by atoms with Gasteiger partial charge in [0.2, 0.25) is 11.6 Å². The number of hydrogen-bond acceptors (Lipinski definition) is 8. The molecule has 0 atom stereocenters. The first-order valence-corrected chi connectivity index (χ1v) is 7.70. The minimum atomic E-state index is 0.136. The van der Waals surface area contributed by atoms with E-state index in [4.69, 9.17) is 5.73 Å². The van der Waals surface area contributed by atoms with Crippen LogP contribution < -0.4 is 5.73 Å². The number of rotatable bonds is 4. The fraction of sp³-hybridized carbons (Fsp3) is 0.143. The Morgan fingerprint density at radius 1 is 1.29 bits per heavy atom. The molecule has 0 amide bonds. The van der Waals surface area contributed by atoms with E-state index in [1.54, 1.807) is 13.1 Å². The number of nitrogens with two attached hydrogens (primary N) is 1. The molecule has 0 unspecified atom stereocenters. The summed E-state index contributed by atoms with van der Waals surface area (Å²) in [6, 6.07) is 7.73. The second kappa shape index (κ2) is 6.71. The Bertz CT molecular complexity index is 909. The van der Waals surface area contributed by atoms with Gasteiger partial charge in [0.15, 0.2) is 0 Å². The zero-order valence-electron chi connectivity index (χ0n) is 12.9. The predicted molar refractivity (Wildman–Crippen MR) is 92.3 cm³/mol. The zero-order valence-corrected chi connectivity index (χ0v) is 14.5. The van der Waals surface area contributed by atoms with Gasteiger partial charge in [-0.15, -0.1) is 5.10 Å². The highest BCUT2D eigenvalue weighted by Gasteiger charge is 2.17. The summed E-state index contributed by atoms with van der Waals surface area (Å²) in [4.78, 5) is 0. The summed E-state index contributed by atoms with van der Waals surface area (Å²) in [7, 11) is 0. The predicted octanol–water partition coefficient (Wildman–Crippen LogP) is 2.15. The highest BCUT2D eigenvalue weighted by molar-refractivity contribution is 9.10. The summed E-state index contributed by atoms with van der Waals surface area (Å²) in [5.74, 6) is 0.426. The standard InChI is InChI=1S/C14H13BrN8O/c1-8(18-17-7-10-3-5-11(15)6-4-10)12-9(2)23(22-19-12)14-13(16)20-24-21-14/h3-7H,1-2H3,(H2,16,20)/b17-7+,18-8-. The maximum atomic E-state index is 5.67. The molecule has 122 valence electrons. The Morgan fingerprint density at radius 3 is 2.71 bits per heavy atom. The van der Waals surface area contributed by atoms with Crippen molar-refractivity contribution in [1.82, 2.24) is 25.3 Å². The molecule has 0 aliphatic heterocycles.